The van der Waals surface area contributed by atoms with E-state index in [9.17, 15) is 4.79 Å². The number of carbonyl (C=O) groups is 1. The average Bonchev–Trinajstić information content (AvgIpc) is 2.82. The molecule has 0 atom stereocenters. The fourth-order valence-electron chi connectivity index (χ4n) is 4.42. The van der Waals surface area contributed by atoms with E-state index in [2.05, 4.69) is 36.4 Å². The zero-order chi connectivity index (χ0) is 22.1. The fourth-order valence-corrected chi connectivity index (χ4v) is 4.42. The van der Waals surface area contributed by atoms with Gasteiger partial charge in [-0.1, -0.05) is 54.6 Å². The van der Waals surface area contributed by atoms with E-state index in [0.29, 0.717) is 24.7 Å². The maximum Gasteiger partial charge on any atom is 0.265 e. The van der Waals surface area contributed by atoms with Gasteiger partial charge in [-0.25, -0.2) is 4.98 Å². The number of hydrogen-bond donors (Lipinski definition) is 1. The summed E-state index contributed by atoms with van der Waals surface area (Å²) in [5, 5.41) is 0. The lowest BCUT2D eigenvalue weighted by atomic mass is 9.72. The topological polar surface area (TPSA) is 77.7 Å². The Morgan fingerprint density at radius 1 is 1.09 bits per heavy atom. The molecular weight excluding hydrogens is 402 g/mol. The number of nitrogens with two attached hydrogens (primary N) is 1. The van der Waals surface area contributed by atoms with Crippen molar-refractivity contribution in [2.45, 2.75) is 24.8 Å². The number of ether oxygens (including phenoxy) is 2. The summed E-state index contributed by atoms with van der Waals surface area (Å²) in [4.78, 5) is 19.1. The predicted octanol–water partition coefficient (Wildman–Crippen LogP) is 4.13. The summed E-state index contributed by atoms with van der Waals surface area (Å²) >= 11 is 0. The van der Waals surface area contributed by atoms with Crippen molar-refractivity contribution in [1.29, 1.82) is 0 Å². The van der Waals surface area contributed by atoms with Crippen LogP contribution in [0, 0.1) is 0 Å². The van der Waals surface area contributed by atoms with Crippen LogP contribution in [-0.2, 0) is 15.1 Å². The number of carbonyl (C=O) groups excluding carboxylic acids is 1. The molecule has 1 aliphatic heterocycles. The second-order valence-corrected chi connectivity index (χ2v) is 8.49. The van der Waals surface area contributed by atoms with E-state index in [1.54, 1.807) is 12.0 Å². The second-order valence-electron chi connectivity index (χ2n) is 8.49. The SMILES string of the molecule is COCCN1C(=O)COc2nc(-c3ccc(C4(N)CCC4)cc3)c(-c3ccccc3)cc21. The molecule has 0 spiro atoms. The molecular formula is C26H27N3O3. The van der Waals surface area contributed by atoms with Crippen LogP contribution in [0.3, 0.4) is 0 Å². The number of amides is 1. The fraction of sp³-hybridized carbons (Fsp3) is 0.308. The Balaban J connectivity index is 1.61. The highest BCUT2D eigenvalue weighted by Crippen LogP contribution is 2.42. The molecule has 164 valence electrons. The van der Waals surface area contributed by atoms with Gasteiger partial charge < -0.3 is 20.1 Å². The summed E-state index contributed by atoms with van der Waals surface area (Å²) in [6, 6.07) is 20.5. The average molecular weight is 430 g/mol. The van der Waals surface area contributed by atoms with E-state index in [1.807, 2.05) is 24.3 Å². The van der Waals surface area contributed by atoms with Gasteiger partial charge >= 0.3 is 0 Å². The molecule has 32 heavy (non-hydrogen) atoms. The minimum atomic E-state index is -0.199. The van der Waals surface area contributed by atoms with Gasteiger partial charge in [0, 0.05) is 30.3 Å². The molecule has 1 aliphatic carbocycles. The summed E-state index contributed by atoms with van der Waals surface area (Å²) in [5.74, 6) is 0.370. The highest BCUT2D eigenvalue weighted by atomic mass is 16.5. The second kappa shape index (κ2) is 8.37. The number of fused-ring (bicyclic) bond motifs is 1. The first-order valence-electron chi connectivity index (χ1n) is 11.0. The van der Waals surface area contributed by atoms with Crippen LogP contribution in [0.25, 0.3) is 22.4 Å². The predicted molar refractivity (Wildman–Crippen MR) is 125 cm³/mol. The van der Waals surface area contributed by atoms with Crippen LogP contribution in [0.15, 0.2) is 60.7 Å². The van der Waals surface area contributed by atoms with Crippen LogP contribution in [0.4, 0.5) is 5.69 Å². The van der Waals surface area contributed by atoms with Crippen molar-refractivity contribution in [3.8, 4) is 28.3 Å². The van der Waals surface area contributed by atoms with Gasteiger partial charge in [-0.3, -0.25) is 4.79 Å². The Kier molecular flexibility index (Phi) is 5.41. The third-order valence-electron chi connectivity index (χ3n) is 6.48. The van der Waals surface area contributed by atoms with E-state index < -0.39 is 0 Å². The van der Waals surface area contributed by atoms with Crippen LogP contribution in [0.5, 0.6) is 5.88 Å². The van der Waals surface area contributed by atoms with E-state index in [1.165, 1.54) is 12.0 Å². The third-order valence-corrected chi connectivity index (χ3v) is 6.48. The molecule has 0 radical (unpaired) electrons. The smallest absolute Gasteiger partial charge is 0.265 e. The van der Waals surface area contributed by atoms with Gasteiger partial charge in [0.15, 0.2) is 6.61 Å². The number of nitrogens with zero attached hydrogens (tertiary/aromatic N) is 2. The molecule has 6 heteroatoms. The molecule has 2 heterocycles. The normalized spacial score (nSPS) is 16.8. The van der Waals surface area contributed by atoms with Crippen LogP contribution in [-0.4, -0.2) is 37.8 Å². The summed E-state index contributed by atoms with van der Waals surface area (Å²) in [6.45, 7) is 0.868. The number of hydrogen-bond acceptors (Lipinski definition) is 5. The van der Waals surface area contributed by atoms with Gasteiger partial charge in [0.25, 0.3) is 5.91 Å². The van der Waals surface area contributed by atoms with Crippen molar-refractivity contribution in [3.05, 3.63) is 66.2 Å². The number of benzene rings is 2. The van der Waals surface area contributed by atoms with Gasteiger partial charge in [0.05, 0.1) is 12.3 Å². The van der Waals surface area contributed by atoms with E-state index in [4.69, 9.17) is 20.2 Å². The maximum atomic E-state index is 12.5. The number of anilines is 1. The third kappa shape index (κ3) is 3.66. The molecule has 1 aromatic heterocycles. The summed E-state index contributed by atoms with van der Waals surface area (Å²) in [5.41, 5.74) is 11.9. The van der Waals surface area contributed by atoms with E-state index >= 15 is 0 Å². The molecule has 1 fully saturated rings. The molecule has 2 aromatic carbocycles. The van der Waals surface area contributed by atoms with E-state index in [0.717, 1.165) is 35.2 Å². The molecule has 6 nitrogen and oxygen atoms in total. The highest BCUT2D eigenvalue weighted by Gasteiger charge is 2.34. The van der Waals surface area contributed by atoms with Gasteiger partial charge in [-0.2, -0.15) is 0 Å². The number of pyridine rings is 1. The molecule has 0 saturated heterocycles. The number of aromatic nitrogens is 1. The lowest BCUT2D eigenvalue weighted by molar-refractivity contribution is -0.121. The van der Waals surface area contributed by atoms with E-state index in [-0.39, 0.29) is 18.1 Å². The van der Waals surface area contributed by atoms with Crippen molar-refractivity contribution in [2.75, 3.05) is 31.8 Å². The van der Waals surface area contributed by atoms with Gasteiger partial charge in [-0.15, -0.1) is 0 Å². The first-order chi connectivity index (χ1) is 15.6. The molecule has 0 bridgehead atoms. The van der Waals surface area contributed by atoms with Crippen molar-refractivity contribution < 1.29 is 14.3 Å². The Bertz CT molecular complexity index is 1130. The van der Waals surface area contributed by atoms with Crippen LogP contribution in [0.1, 0.15) is 24.8 Å². The molecule has 5 rings (SSSR count). The molecule has 0 unspecified atom stereocenters. The maximum absolute atomic E-state index is 12.5. The standard InChI is InChI=1S/C26H27N3O3/c1-31-15-14-29-22-16-21(18-6-3-2-4-7-18)24(28-25(22)32-17-23(29)30)19-8-10-20(11-9-19)26(27)12-5-13-26/h2-4,6-11,16H,5,12-15,17,27H2,1H3. The van der Waals surface area contributed by atoms with Crippen molar-refractivity contribution >= 4 is 11.6 Å². The lowest BCUT2D eigenvalue weighted by Gasteiger charge is -2.38. The van der Waals surface area contributed by atoms with Gasteiger partial charge in [-0.05, 0) is 36.5 Å². The Morgan fingerprint density at radius 2 is 1.84 bits per heavy atom. The zero-order valence-electron chi connectivity index (χ0n) is 18.2. The minimum Gasteiger partial charge on any atom is -0.466 e. The van der Waals surface area contributed by atoms with Crippen molar-refractivity contribution in [2.24, 2.45) is 5.73 Å². The number of rotatable bonds is 6. The first kappa shape index (κ1) is 20.7. The largest absolute Gasteiger partial charge is 0.466 e. The molecule has 2 aliphatic rings. The van der Waals surface area contributed by atoms with Crippen LogP contribution >= 0.6 is 0 Å². The molecule has 3 aromatic rings. The zero-order valence-corrected chi connectivity index (χ0v) is 18.2. The highest BCUT2D eigenvalue weighted by molar-refractivity contribution is 5.99. The van der Waals surface area contributed by atoms with Crippen LogP contribution in [0.2, 0.25) is 0 Å². The lowest BCUT2D eigenvalue weighted by Crippen LogP contribution is -2.43. The van der Waals surface area contributed by atoms with Crippen molar-refractivity contribution in [1.82, 2.24) is 4.98 Å². The Morgan fingerprint density at radius 3 is 2.50 bits per heavy atom. The minimum absolute atomic E-state index is 0.0253. The molecule has 1 saturated carbocycles. The molecule has 2 N–H and O–H groups in total. The first-order valence-corrected chi connectivity index (χ1v) is 11.0. The Hall–Kier alpha value is -3.22. The summed E-state index contributed by atoms with van der Waals surface area (Å²) in [6.07, 6.45) is 3.23. The monoisotopic (exact) mass is 429 g/mol. The van der Waals surface area contributed by atoms with Gasteiger partial charge in [0.1, 0.15) is 5.69 Å². The van der Waals surface area contributed by atoms with Crippen LogP contribution < -0.4 is 15.4 Å². The Labute approximate surface area is 188 Å². The molecule has 1 amide bonds. The summed E-state index contributed by atoms with van der Waals surface area (Å²) in [7, 11) is 1.63. The van der Waals surface area contributed by atoms with Gasteiger partial charge in [0.2, 0.25) is 5.88 Å². The summed E-state index contributed by atoms with van der Waals surface area (Å²) < 4.78 is 10.9. The van der Waals surface area contributed by atoms with Crippen molar-refractivity contribution in [3.63, 3.8) is 0 Å². The quantitative estimate of drug-likeness (QED) is 0.638. The number of methoxy groups -OCH3 is 1.